The summed E-state index contributed by atoms with van der Waals surface area (Å²) in [5, 5.41) is 6.55. The van der Waals surface area contributed by atoms with Gasteiger partial charge in [-0.2, -0.15) is 4.98 Å². The number of carbonyl (C=O) groups is 2. The fraction of sp³-hybridized carbons (Fsp3) is 0.444. The predicted octanol–water partition coefficient (Wildman–Crippen LogP) is 1.94. The van der Waals surface area contributed by atoms with Gasteiger partial charge in [0.2, 0.25) is 17.6 Å². The molecule has 0 spiro atoms. The number of nitrogens with zero attached hydrogens (tertiary/aromatic N) is 3. The summed E-state index contributed by atoms with van der Waals surface area (Å²) < 4.78 is 10.6. The van der Waals surface area contributed by atoms with E-state index in [4.69, 9.17) is 9.26 Å². The topological polar surface area (TPSA) is 97.6 Å². The lowest BCUT2D eigenvalue weighted by atomic mass is 10.1. The third kappa shape index (κ3) is 5.30. The average molecular weight is 360 g/mol. The number of aromatic nitrogens is 2. The maximum absolute atomic E-state index is 12.8. The van der Waals surface area contributed by atoms with Crippen molar-refractivity contribution in [2.45, 2.75) is 40.3 Å². The molecule has 0 bridgehead atoms. The molecule has 0 aliphatic rings. The second kappa shape index (κ2) is 8.98. The number of hydrogen-bond acceptors (Lipinski definition) is 6. The van der Waals surface area contributed by atoms with E-state index in [1.807, 2.05) is 20.8 Å². The lowest BCUT2D eigenvalue weighted by Crippen LogP contribution is -2.42. The molecule has 0 fully saturated rings. The van der Waals surface area contributed by atoms with Crippen LogP contribution in [0.1, 0.15) is 42.8 Å². The van der Waals surface area contributed by atoms with Crippen LogP contribution in [0, 0.1) is 6.92 Å². The third-order valence-corrected chi connectivity index (χ3v) is 3.50. The average Bonchev–Trinajstić information content (AvgIpc) is 3.02. The van der Waals surface area contributed by atoms with Crippen LogP contribution in [0.4, 0.5) is 0 Å². The fourth-order valence-corrected chi connectivity index (χ4v) is 2.35. The van der Waals surface area contributed by atoms with Gasteiger partial charge in [-0.3, -0.25) is 9.59 Å². The summed E-state index contributed by atoms with van der Waals surface area (Å²) >= 11 is 0. The molecule has 0 saturated heterocycles. The Morgan fingerprint density at radius 3 is 2.65 bits per heavy atom. The van der Waals surface area contributed by atoms with Crippen molar-refractivity contribution in [3.63, 3.8) is 0 Å². The molecule has 2 rings (SSSR count). The van der Waals surface area contributed by atoms with E-state index in [2.05, 4.69) is 15.5 Å². The molecule has 8 nitrogen and oxygen atoms in total. The summed E-state index contributed by atoms with van der Waals surface area (Å²) in [5.41, 5.74) is 0.381. The molecule has 1 heterocycles. The van der Waals surface area contributed by atoms with Gasteiger partial charge in [-0.05, 0) is 32.9 Å². The normalized spacial score (nSPS) is 10.7. The second-order valence-electron chi connectivity index (χ2n) is 6.06. The van der Waals surface area contributed by atoms with Crippen molar-refractivity contribution in [2.24, 2.45) is 0 Å². The maximum Gasteiger partial charge on any atom is 0.258 e. The minimum Gasteiger partial charge on any atom is -0.485 e. The van der Waals surface area contributed by atoms with Crippen molar-refractivity contribution in [1.29, 1.82) is 0 Å². The zero-order valence-corrected chi connectivity index (χ0v) is 15.5. The first-order valence-electron chi connectivity index (χ1n) is 8.50. The molecule has 0 aliphatic heterocycles. The minimum absolute atomic E-state index is 0.00805. The van der Waals surface area contributed by atoms with Gasteiger partial charge in [0.1, 0.15) is 5.75 Å². The molecule has 2 amide bonds. The number of amides is 2. The molecule has 0 unspecified atom stereocenters. The van der Waals surface area contributed by atoms with Gasteiger partial charge in [-0.25, -0.2) is 0 Å². The number of ether oxygens (including phenoxy) is 1. The van der Waals surface area contributed by atoms with Crippen molar-refractivity contribution >= 4 is 11.8 Å². The molecule has 8 heteroatoms. The quantitative estimate of drug-likeness (QED) is 0.773. The van der Waals surface area contributed by atoms with E-state index < -0.39 is 0 Å². The molecule has 1 aromatic heterocycles. The van der Waals surface area contributed by atoms with E-state index in [1.165, 1.54) is 4.90 Å². The predicted molar refractivity (Wildman–Crippen MR) is 94.7 cm³/mol. The molecule has 26 heavy (non-hydrogen) atoms. The molecule has 1 aromatic carbocycles. The zero-order valence-electron chi connectivity index (χ0n) is 15.5. The van der Waals surface area contributed by atoms with Crippen molar-refractivity contribution in [3.05, 3.63) is 41.5 Å². The smallest absolute Gasteiger partial charge is 0.258 e. The van der Waals surface area contributed by atoms with Crippen LogP contribution in [-0.2, 0) is 11.4 Å². The molecule has 0 saturated carbocycles. The van der Waals surface area contributed by atoms with Gasteiger partial charge in [0.25, 0.3) is 5.91 Å². The highest BCUT2D eigenvalue weighted by Crippen LogP contribution is 2.21. The Bertz CT molecular complexity index is 757. The van der Waals surface area contributed by atoms with Gasteiger partial charge >= 0.3 is 0 Å². The maximum atomic E-state index is 12.8. The second-order valence-corrected chi connectivity index (χ2v) is 6.06. The largest absolute Gasteiger partial charge is 0.485 e. The van der Waals surface area contributed by atoms with Gasteiger partial charge in [0.15, 0.2) is 6.61 Å². The van der Waals surface area contributed by atoms with E-state index >= 15 is 0 Å². The molecular weight excluding hydrogens is 336 g/mol. The Morgan fingerprint density at radius 2 is 2.04 bits per heavy atom. The van der Waals surface area contributed by atoms with Crippen LogP contribution in [0.3, 0.4) is 0 Å². The zero-order chi connectivity index (χ0) is 19.1. The SMILES string of the molecule is CCN(CC(=O)NC(C)C)C(=O)c1ccccc1OCc1noc(C)n1. The Kier molecular flexibility index (Phi) is 6.71. The summed E-state index contributed by atoms with van der Waals surface area (Å²) in [6.07, 6.45) is 0. The van der Waals surface area contributed by atoms with Crippen LogP contribution in [0.5, 0.6) is 5.75 Å². The first-order chi connectivity index (χ1) is 12.4. The number of nitrogens with one attached hydrogen (secondary N) is 1. The molecule has 1 N–H and O–H groups in total. The molecule has 2 aromatic rings. The Labute approximate surface area is 152 Å². The number of likely N-dealkylation sites (N-methyl/N-ethyl adjacent to an activating group) is 1. The standard InChI is InChI=1S/C18H24N4O4/c1-5-22(10-17(23)19-12(2)3)18(24)14-8-6-7-9-15(14)25-11-16-20-13(4)26-21-16/h6-9,12H,5,10-11H2,1-4H3,(H,19,23). The van der Waals surface area contributed by atoms with Crippen LogP contribution in [0.15, 0.2) is 28.8 Å². The summed E-state index contributed by atoms with van der Waals surface area (Å²) in [5.74, 6) is 0.777. The number of hydrogen-bond donors (Lipinski definition) is 1. The van der Waals surface area contributed by atoms with Crippen LogP contribution < -0.4 is 10.1 Å². The van der Waals surface area contributed by atoms with Gasteiger partial charge < -0.3 is 19.5 Å². The van der Waals surface area contributed by atoms with E-state index in [9.17, 15) is 9.59 Å². The number of rotatable bonds is 8. The monoisotopic (exact) mass is 360 g/mol. The molecule has 0 aliphatic carbocycles. The van der Waals surface area contributed by atoms with E-state index in [1.54, 1.807) is 31.2 Å². The van der Waals surface area contributed by atoms with E-state index in [0.29, 0.717) is 29.6 Å². The third-order valence-electron chi connectivity index (χ3n) is 3.50. The van der Waals surface area contributed by atoms with Crippen molar-refractivity contribution in [2.75, 3.05) is 13.1 Å². The highest BCUT2D eigenvalue weighted by atomic mass is 16.5. The Balaban J connectivity index is 2.10. The van der Waals surface area contributed by atoms with Gasteiger partial charge in [-0.15, -0.1) is 0 Å². The molecular formula is C18H24N4O4. The highest BCUT2D eigenvalue weighted by Gasteiger charge is 2.21. The number of para-hydroxylation sites is 1. The molecule has 0 radical (unpaired) electrons. The van der Waals surface area contributed by atoms with Crippen LogP contribution in [0.2, 0.25) is 0 Å². The van der Waals surface area contributed by atoms with Crippen LogP contribution in [-0.4, -0.2) is 46.0 Å². The van der Waals surface area contributed by atoms with E-state index in [-0.39, 0.29) is 31.0 Å². The summed E-state index contributed by atoms with van der Waals surface area (Å²) in [6.45, 7) is 7.75. The first kappa shape index (κ1) is 19.4. The first-order valence-corrected chi connectivity index (χ1v) is 8.50. The number of carbonyl (C=O) groups excluding carboxylic acids is 2. The molecule has 0 atom stereocenters. The fourth-order valence-electron chi connectivity index (χ4n) is 2.35. The van der Waals surface area contributed by atoms with Crippen LogP contribution in [0.25, 0.3) is 0 Å². The lowest BCUT2D eigenvalue weighted by molar-refractivity contribution is -0.122. The van der Waals surface area contributed by atoms with Gasteiger partial charge in [0, 0.05) is 19.5 Å². The highest BCUT2D eigenvalue weighted by molar-refractivity contribution is 5.98. The van der Waals surface area contributed by atoms with Crippen molar-refractivity contribution < 1.29 is 18.8 Å². The van der Waals surface area contributed by atoms with Gasteiger partial charge in [0.05, 0.1) is 12.1 Å². The van der Waals surface area contributed by atoms with Crippen LogP contribution >= 0.6 is 0 Å². The van der Waals surface area contributed by atoms with Gasteiger partial charge in [-0.1, -0.05) is 17.3 Å². The summed E-state index contributed by atoms with van der Waals surface area (Å²) in [4.78, 5) is 30.4. The lowest BCUT2D eigenvalue weighted by Gasteiger charge is -2.22. The number of benzene rings is 1. The summed E-state index contributed by atoms with van der Waals surface area (Å²) in [6, 6.07) is 6.91. The Hall–Kier alpha value is -2.90. The van der Waals surface area contributed by atoms with Crippen molar-refractivity contribution in [1.82, 2.24) is 20.4 Å². The minimum atomic E-state index is -0.272. The van der Waals surface area contributed by atoms with E-state index in [0.717, 1.165) is 0 Å². The molecule has 140 valence electrons. The number of aryl methyl sites for hydroxylation is 1. The Morgan fingerprint density at radius 1 is 1.31 bits per heavy atom. The van der Waals surface area contributed by atoms with Crippen molar-refractivity contribution in [3.8, 4) is 5.75 Å². The summed E-state index contributed by atoms with van der Waals surface area (Å²) in [7, 11) is 0.